The highest BCUT2D eigenvalue weighted by Crippen LogP contribution is 2.40. The van der Waals surface area contributed by atoms with Crippen molar-refractivity contribution in [2.75, 3.05) is 18.1 Å². The third-order valence-electron chi connectivity index (χ3n) is 2.53. The minimum absolute atomic E-state index is 0.0799. The first-order valence-electron chi connectivity index (χ1n) is 4.54. The topological polar surface area (TPSA) is 38.3 Å². The second kappa shape index (κ2) is 2.80. The molecular formula is C9H15NO2S. The zero-order valence-electron chi connectivity index (χ0n) is 8.05. The third kappa shape index (κ3) is 1.77. The molecule has 0 aromatic carbocycles. The maximum absolute atomic E-state index is 11.0. The first kappa shape index (κ1) is 9.19. The van der Waals surface area contributed by atoms with E-state index >= 15 is 0 Å². The molecular weight excluding hydrogens is 186 g/mol. The zero-order valence-corrected chi connectivity index (χ0v) is 8.87. The van der Waals surface area contributed by atoms with E-state index in [1.54, 1.807) is 0 Å². The van der Waals surface area contributed by atoms with Gasteiger partial charge in [0.05, 0.1) is 5.54 Å². The summed E-state index contributed by atoms with van der Waals surface area (Å²) >= 11 is 1.91. The van der Waals surface area contributed by atoms with Crippen LogP contribution in [0.2, 0.25) is 0 Å². The fourth-order valence-corrected chi connectivity index (χ4v) is 3.61. The van der Waals surface area contributed by atoms with Crippen molar-refractivity contribution >= 4 is 17.9 Å². The molecule has 0 bridgehead atoms. The van der Waals surface area contributed by atoms with Crippen molar-refractivity contribution in [2.45, 2.75) is 25.8 Å². The summed E-state index contributed by atoms with van der Waals surface area (Å²) in [6.45, 7) is 5.03. The van der Waals surface area contributed by atoms with Crippen molar-refractivity contribution in [3.63, 3.8) is 0 Å². The zero-order chi connectivity index (χ0) is 9.53. The largest absolute Gasteiger partial charge is 0.447 e. The monoisotopic (exact) mass is 201 g/mol. The van der Waals surface area contributed by atoms with Crippen LogP contribution in [-0.2, 0) is 4.74 Å². The number of alkyl carbamates (subject to hydrolysis) is 1. The van der Waals surface area contributed by atoms with Crippen LogP contribution in [0.1, 0.15) is 20.3 Å². The smallest absolute Gasteiger partial charge is 0.407 e. The number of carbonyl (C=O) groups is 1. The Balaban J connectivity index is 2.11. The molecule has 2 fully saturated rings. The van der Waals surface area contributed by atoms with Crippen LogP contribution in [0, 0.1) is 5.41 Å². The Hall–Kier alpha value is -0.380. The Bertz CT molecular complexity index is 242. The second-order valence-corrected chi connectivity index (χ2v) is 5.80. The lowest BCUT2D eigenvalue weighted by molar-refractivity contribution is 0.166. The molecule has 4 heteroatoms. The van der Waals surface area contributed by atoms with Gasteiger partial charge in [-0.1, -0.05) is 13.8 Å². The average Bonchev–Trinajstić information content (AvgIpc) is 2.29. The molecule has 0 aromatic rings. The minimum atomic E-state index is -0.252. The number of hydrogen-bond donors (Lipinski definition) is 1. The number of rotatable bonds is 0. The van der Waals surface area contributed by atoms with Crippen molar-refractivity contribution in [3.05, 3.63) is 0 Å². The molecule has 2 aliphatic heterocycles. The fourth-order valence-electron chi connectivity index (χ4n) is 2.21. The van der Waals surface area contributed by atoms with E-state index in [2.05, 4.69) is 19.2 Å². The molecule has 0 aromatic heterocycles. The highest BCUT2D eigenvalue weighted by molar-refractivity contribution is 7.99. The van der Waals surface area contributed by atoms with Gasteiger partial charge in [-0.3, -0.25) is 0 Å². The molecule has 2 saturated heterocycles. The van der Waals surface area contributed by atoms with Gasteiger partial charge in [0.2, 0.25) is 0 Å². The molecule has 1 atom stereocenters. The summed E-state index contributed by atoms with van der Waals surface area (Å²) in [6.07, 6.45) is 0.775. The number of thioether (sulfide) groups is 1. The molecule has 1 amide bonds. The number of amides is 1. The summed E-state index contributed by atoms with van der Waals surface area (Å²) in [7, 11) is 0. The third-order valence-corrected chi connectivity index (χ3v) is 4.28. The van der Waals surface area contributed by atoms with Crippen LogP contribution >= 0.6 is 11.8 Å². The van der Waals surface area contributed by atoms with Gasteiger partial charge in [0, 0.05) is 5.75 Å². The molecule has 1 unspecified atom stereocenters. The van der Waals surface area contributed by atoms with Gasteiger partial charge in [-0.25, -0.2) is 4.79 Å². The van der Waals surface area contributed by atoms with Crippen LogP contribution in [0.25, 0.3) is 0 Å². The van der Waals surface area contributed by atoms with E-state index in [4.69, 9.17) is 4.74 Å². The van der Waals surface area contributed by atoms with Gasteiger partial charge in [0.25, 0.3) is 0 Å². The molecule has 74 valence electrons. The Kier molecular flexibility index (Phi) is 1.98. The summed E-state index contributed by atoms with van der Waals surface area (Å²) < 4.78 is 4.98. The minimum Gasteiger partial charge on any atom is -0.447 e. The van der Waals surface area contributed by atoms with Crippen molar-refractivity contribution in [3.8, 4) is 0 Å². The van der Waals surface area contributed by atoms with Gasteiger partial charge in [-0.15, -0.1) is 0 Å². The summed E-state index contributed by atoms with van der Waals surface area (Å²) in [5.74, 6) is 2.16. The van der Waals surface area contributed by atoms with Crippen LogP contribution in [0.3, 0.4) is 0 Å². The van der Waals surface area contributed by atoms with Crippen molar-refractivity contribution in [2.24, 2.45) is 5.41 Å². The predicted octanol–water partition coefficient (Wildman–Crippen LogP) is 1.63. The molecule has 1 spiro atoms. The molecule has 0 radical (unpaired) electrons. The Morgan fingerprint density at radius 3 is 2.77 bits per heavy atom. The molecule has 0 aliphatic carbocycles. The van der Waals surface area contributed by atoms with Gasteiger partial charge in [-0.2, -0.15) is 11.8 Å². The predicted molar refractivity (Wildman–Crippen MR) is 52.9 cm³/mol. The molecule has 1 N–H and O–H groups in total. The van der Waals surface area contributed by atoms with E-state index in [1.807, 2.05) is 11.8 Å². The Morgan fingerprint density at radius 2 is 2.23 bits per heavy atom. The quantitative estimate of drug-likeness (QED) is 0.647. The first-order chi connectivity index (χ1) is 6.02. The summed E-state index contributed by atoms with van der Waals surface area (Å²) in [5.41, 5.74) is 0.230. The first-order valence-corrected chi connectivity index (χ1v) is 5.70. The van der Waals surface area contributed by atoms with E-state index in [1.165, 1.54) is 5.75 Å². The SMILES string of the molecule is CC1(C)CSCC2(COC(=O)N2)C1. The fraction of sp³-hybridized carbons (Fsp3) is 0.889. The van der Waals surface area contributed by atoms with Crippen molar-refractivity contribution < 1.29 is 9.53 Å². The average molecular weight is 201 g/mol. The summed E-state index contributed by atoms with van der Waals surface area (Å²) in [5, 5.41) is 2.94. The van der Waals surface area contributed by atoms with Crippen LogP contribution < -0.4 is 5.32 Å². The van der Waals surface area contributed by atoms with E-state index in [-0.39, 0.29) is 11.6 Å². The summed E-state index contributed by atoms with van der Waals surface area (Å²) in [6, 6.07) is 0. The molecule has 2 aliphatic rings. The van der Waals surface area contributed by atoms with E-state index in [0.717, 1.165) is 12.2 Å². The van der Waals surface area contributed by atoms with Gasteiger partial charge < -0.3 is 10.1 Å². The Morgan fingerprint density at radius 1 is 1.46 bits per heavy atom. The van der Waals surface area contributed by atoms with Gasteiger partial charge >= 0.3 is 6.09 Å². The van der Waals surface area contributed by atoms with Crippen molar-refractivity contribution in [1.82, 2.24) is 5.32 Å². The van der Waals surface area contributed by atoms with E-state index < -0.39 is 0 Å². The lowest BCUT2D eigenvalue weighted by Crippen LogP contribution is -2.52. The molecule has 2 rings (SSSR count). The van der Waals surface area contributed by atoms with Crippen LogP contribution in [0.5, 0.6) is 0 Å². The van der Waals surface area contributed by atoms with Gasteiger partial charge in [0.15, 0.2) is 0 Å². The highest BCUT2D eigenvalue weighted by atomic mass is 32.2. The number of hydrogen-bond acceptors (Lipinski definition) is 3. The molecule has 13 heavy (non-hydrogen) atoms. The van der Waals surface area contributed by atoms with Crippen molar-refractivity contribution in [1.29, 1.82) is 0 Å². The second-order valence-electron chi connectivity index (χ2n) is 4.82. The molecule has 3 nitrogen and oxygen atoms in total. The normalized spacial score (nSPS) is 37.2. The number of carbonyl (C=O) groups excluding carboxylic acids is 1. The van der Waals surface area contributed by atoms with E-state index in [9.17, 15) is 4.79 Å². The van der Waals surface area contributed by atoms with E-state index in [0.29, 0.717) is 12.0 Å². The van der Waals surface area contributed by atoms with Crippen LogP contribution in [0.4, 0.5) is 4.79 Å². The summed E-state index contributed by atoms with van der Waals surface area (Å²) in [4.78, 5) is 11.0. The number of ether oxygens (including phenoxy) is 1. The number of cyclic esters (lactones) is 1. The highest BCUT2D eigenvalue weighted by Gasteiger charge is 2.46. The molecule has 2 heterocycles. The Labute approximate surface area is 82.6 Å². The van der Waals surface area contributed by atoms with Gasteiger partial charge in [0.1, 0.15) is 6.61 Å². The lowest BCUT2D eigenvalue weighted by atomic mass is 9.80. The standard InChI is InChI=1S/C9H15NO2S/c1-8(2)3-9(6-13-5-8)4-12-7(11)10-9/h3-6H2,1-2H3,(H,10,11). The lowest BCUT2D eigenvalue weighted by Gasteiger charge is -2.40. The van der Waals surface area contributed by atoms with Crippen LogP contribution in [0.15, 0.2) is 0 Å². The maximum Gasteiger partial charge on any atom is 0.407 e. The maximum atomic E-state index is 11.0. The van der Waals surface area contributed by atoms with Crippen LogP contribution in [-0.4, -0.2) is 29.7 Å². The molecule has 0 saturated carbocycles. The number of nitrogens with one attached hydrogen (secondary N) is 1. The van der Waals surface area contributed by atoms with Gasteiger partial charge in [-0.05, 0) is 17.6 Å².